The van der Waals surface area contributed by atoms with Crippen molar-refractivity contribution in [2.45, 2.75) is 69.5 Å². The van der Waals surface area contributed by atoms with E-state index >= 15 is 0 Å². The first-order valence-corrected chi connectivity index (χ1v) is 11.6. The normalized spacial score (nSPS) is 32.6. The fourth-order valence-electron chi connectivity index (χ4n) is 5.60. The van der Waals surface area contributed by atoms with Crippen molar-refractivity contribution in [2.24, 2.45) is 11.3 Å². The molecule has 4 aliphatic carbocycles. The highest BCUT2D eigenvalue weighted by atomic mass is 32.1. The number of fused-ring (bicyclic) bond motifs is 1. The maximum atomic E-state index is 14.0. The second kappa shape index (κ2) is 7.37. The van der Waals surface area contributed by atoms with Gasteiger partial charge in [-0.05, 0) is 93.1 Å². The molecule has 0 aromatic carbocycles. The van der Waals surface area contributed by atoms with Gasteiger partial charge in [-0.1, -0.05) is 6.08 Å². The molecule has 5 rings (SSSR count). The summed E-state index contributed by atoms with van der Waals surface area (Å²) in [5.74, 6) is 0.213. The number of allylic oxidation sites excluding steroid dienone is 4. The number of nitrogens with zero attached hydrogens (tertiary/aromatic N) is 1. The zero-order valence-electron chi connectivity index (χ0n) is 17.5. The number of aromatic nitrogens is 1. The highest BCUT2D eigenvalue weighted by molar-refractivity contribution is 7.81. The number of hydrogen-bond donors (Lipinski definition) is 2. The van der Waals surface area contributed by atoms with Crippen LogP contribution < -0.4 is 5.32 Å². The van der Waals surface area contributed by atoms with Crippen molar-refractivity contribution in [3.8, 4) is 0 Å². The van der Waals surface area contributed by atoms with Crippen LogP contribution in [0.4, 0.5) is 4.39 Å². The van der Waals surface area contributed by atoms with E-state index in [2.05, 4.69) is 23.3 Å². The molecular weight excluding hydrogens is 395 g/mol. The number of thiol groups is 1. The molecule has 1 aromatic rings. The molecule has 0 bridgehead atoms. The van der Waals surface area contributed by atoms with E-state index in [1.807, 2.05) is 18.3 Å². The van der Waals surface area contributed by atoms with Crippen molar-refractivity contribution < 1.29 is 9.18 Å². The predicted octanol–water partition coefficient (Wildman–Crippen LogP) is 5.78. The molecule has 2 saturated carbocycles. The molecule has 5 heteroatoms. The van der Waals surface area contributed by atoms with Crippen molar-refractivity contribution in [2.75, 3.05) is 0 Å². The van der Waals surface area contributed by atoms with Crippen LogP contribution in [0, 0.1) is 11.3 Å². The molecule has 0 aliphatic heterocycles. The average Bonchev–Trinajstić information content (AvgIpc) is 3.46. The quantitative estimate of drug-likeness (QED) is 0.604. The molecule has 1 heterocycles. The number of nitrogens with one attached hydrogen (secondary N) is 1. The van der Waals surface area contributed by atoms with Gasteiger partial charge in [0.15, 0.2) is 0 Å². The fourth-order valence-corrected chi connectivity index (χ4v) is 6.02. The molecule has 1 atom stereocenters. The van der Waals surface area contributed by atoms with Crippen LogP contribution in [-0.4, -0.2) is 10.9 Å². The third-order valence-corrected chi connectivity index (χ3v) is 8.43. The largest absolute Gasteiger partial charge is 0.326 e. The lowest BCUT2D eigenvalue weighted by atomic mass is 9.73. The summed E-state index contributed by atoms with van der Waals surface area (Å²) in [5.41, 5.74) is 5.40. The summed E-state index contributed by atoms with van der Waals surface area (Å²) in [4.78, 5) is 17.4. The van der Waals surface area contributed by atoms with Gasteiger partial charge in [0, 0.05) is 40.2 Å². The molecule has 0 unspecified atom stereocenters. The Hall–Kier alpha value is -1.88. The summed E-state index contributed by atoms with van der Waals surface area (Å²) in [6.07, 6.45) is 15.6. The Balaban J connectivity index is 1.29. The van der Waals surface area contributed by atoms with Gasteiger partial charge < -0.3 is 5.32 Å². The van der Waals surface area contributed by atoms with Crippen LogP contribution in [0.3, 0.4) is 0 Å². The zero-order valence-corrected chi connectivity index (χ0v) is 18.4. The smallest absolute Gasteiger partial charge is 0.228 e. The molecule has 0 saturated heterocycles. The highest BCUT2D eigenvalue weighted by Gasteiger charge is 2.60. The van der Waals surface area contributed by atoms with Gasteiger partial charge in [-0.2, -0.15) is 12.6 Å². The van der Waals surface area contributed by atoms with E-state index in [9.17, 15) is 9.18 Å². The first kappa shape index (κ1) is 20.0. The number of amides is 1. The molecular formula is C25H29FN2OS. The first-order chi connectivity index (χ1) is 14.4. The van der Waals surface area contributed by atoms with E-state index in [-0.39, 0.29) is 27.8 Å². The lowest BCUT2D eigenvalue weighted by Crippen LogP contribution is -2.32. The van der Waals surface area contributed by atoms with E-state index in [0.29, 0.717) is 12.8 Å². The monoisotopic (exact) mass is 424 g/mol. The third kappa shape index (κ3) is 3.45. The number of rotatable bonds is 3. The minimum absolute atomic E-state index is 0.0683. The molecule has 158 valence electrons. The van der Waals surface area contributed by atoms with Gasteiger partial charge in [0.05, 0.1) is 0 Å². The van der Waals surface area contributed by atoms with Gasteiger partial charge in [0.1, 0.15) is 5.83 Å². The lowest BCUT2D eigenvalue weighted by Gasteiger charge is -2.39. The Bertz CT molecular complexity index is 985. The SMILES string of the molecule is CC1=C(NC(=O)[C@H]2C[C@]23CC[C@](S)(c2ccnc4c2C=C(F)CC4)CC3)C=CCC1. The first-order valence-electron chi connectivity index (χ1n) is 11.1. The van der Waals surface area contributed by atoms with Gasteiger partial charge in [0.2, 0.25) is 5.91 Å². The van der Waals surface area contributed by atoms with Crippen LogP contribution in [0.25, 0.3) is 6.08 Å². The van der Waals surface area contributed by atoms with Gasteiger partial charge in [0.25, 0.3) is 0 Å². The van der Waals surface area contributed by atoms with Gasteiger partial charge in [-0.3, -0.25) is 9.78 Å². The second-order valence-electron chi connectivity index (χ2n) is 9.59. The Morgan fingerprint density at radius 3 is 2.80 bits per heavy atom. The molecule has 1 spiro atoms. The summed E-state index contributed by atoms with van der Waals surface area (Å²) < 4.78 is 13.7. The van der Waals surface area contributed by atoms with Crippen molar-refractivity contribution in [1.29, 1.82) is 0 Å². The number of aryl methyl sites for hydroxylation is 1. The third-order valence-electron chi connectivity index (χ3n) is 7.74. The Morgan fingerprint density at radius 2 is 2.03 bits per heavy atom. The van der Waals surface area contributed by atoms with E-state index in [1.165, 1.54) is 5.57 Å². The minimum Gasteiger partial charge on any atom is -0.326 e. The topological polar surface area (TPSA) is 42.0 Å². The number of hydrogen-bond acceptors (Lipinski definition) is 3. The van der Waals surface area contributed by atoms with Crippen molar-refractivity contribution >= 4 is 24.6 Å². The Kier molecular flexibility index (Phi) is 4.92. The van der Waals surface area contributed by atoms with E-state index in [0.717, 1.165) is 67.5 Å². The number of carbonyl (C=O) groups excluding carboxylic acids is 1. The van der Waals surface area contributed by atoms with Crippen molar-refractivity contribution in [1.82, 2.24) is 10.3 Å². The summed E-state index contributed by atoms with van der Waals surface area (Å²) in [6.45, 7) is 2.10. The van der Waals surface area contributed by atoms with E-state index < -0.39 is 0 Å². The molecule has 1 N–H and O–H groups in total. The average molecular weight is 425 g/mol. The van der Waals surface area contributed by atoms with Crippen LogP contribution in [-0.2, 0) is 16.0 Å². The summed E-state index contributed by atoms with van der Waals surface area (Å²) in [6, 6.07) is 2.01. The molecule has 3 nitrogen and oxygen atoms in total. The minimum atomic E-state index is -0.277. The maximum Gasteiger partial charge on any atom is 0.228 e. The van der Waals surface area contributed by atoms with Crippen LogP contribution in [0.1, 0.15) is 75.1 Å². The zero-order chi connectivity index (χ0) is 20.9. The van der Waals surface area contributed by atoms with Gasteiger partial charge in [-0.25, -0.2) is 4.39 Å². The number of halogens is 1. The number of carbonyl (C=O) groups is 1. The molecule has 1 aromatic heterocycles. The fraction of sp³-hybridized carbons (Fsp3) is 0.520. The second-order valence-corrected chi connectivity index (χ2v) is 10.4. The summed E-state index contributed by atoms with van der Waals surface area (Å²) in [5, 5.41) is 3.18. The van der Waals surface area contributed by atoms with Crippen LogP contribution in [0.5, 0.6) is 0 Å². The van der Waals surface area contributed by atoms with Gasteiger partial charge >= 0.3 is 0 Å². The van der Waals surface area contributed by atoms with Crippen LogP contribution >= 0.6 is 12.6 Å². The Labute approximate surface area is 183 Å². The predicted molar refractivity (Wildman–Crippen MR) is 121 cm³/mol. The lowest BCUT2D eigenvalue weighted by molar-refractivity contribution is -0.122. The van der Waals surface area contributed by atoms with E-state index in [4.69, 9.17) is 12.6 Å². The molecule has 1 amide bonds. The molecule has 4 aliphatic rings. The van der Waals surface area contributed by atoms with Crippen LogP contribution in [0.15, 0.2) is 41.5 Å². The van der Waals surface area contributed by atoms with Crippen molar-refractivity contribution in [3.05, 3.63) is 58.3 Å². The standard InChI is InChI=1S/C25H29FN2OS/c1-16-4-2-3-5-21(16)28-23(29)20-15-24(20)9-11-25(30,12-10-24)19-8-13-27-22-7-6-17(26)14-18(19)22/h3,5,8,13-14,20,30H,2,4,6-7,9-12,15H2,1H3,(H,28,29)/t20-,24-,25-/m1/s1. The van der Waals surface area contributed by atoms with Gasteiger partial charge in [-0.15, -0.1) is 0 Å². The Morgan fingerprint density at radius 1 is 1.23 bits per heavy atom. The van der Waals surface area contributed by atoms with E-state index in [1.54, 1.807) is 6.08 Å². The molecule has 30 heavy (non-hydrogen) atoms. The summed E-state index contributed by atoms with van der Waals surface area (Å²) >= 11 is 5.11. The molecule has 2 fully saturated rings. The van der Waals surface area contributed by atoms with Crippen LogP contribution in [0.2, 0.25) is 0 Å². The summed E-state index contributed by atoms with van der Waals surface area (Å²) in [7, 11) is 0. The van der Waals surface area contributed by atoms with Crippen molar-refractivity contribution in [3.63, 3.8) is 0 Å². The highest BCUT2D eigenvalue weighted by Crippen LogP contribution is 2.65. The number of pyridine rings is 1. The molecule has 0 radical (unpaired) electrons. The maximum absolute atomic E-state index is 14.0.